The van der Waals surface area contributed by atoms with Crippen molar-refractivity contribution in [2.75, 3.05) is 6.61 Å². The zero-order chi connectivity index (χ0) is 5.98. The van der Waals surface area contributed by atoms with E-state index in [1.807, 2.05) is 0 Å². The van der Waals surface area contributed by atoms with Crippen molar-refractivity contribution in [1.29, 1.82) is 0 Å². The SMILES string of the molecule is CC1C=C(CO)CC1. The third-order valence-electron chi connectivity index (χ3n) is 1.64. The first-order valence-electron chi connectivity index (χ1n) is 3.13. The third-order valence-corrected chi connectivity index (χ3v) is 1.64. The lowest BCUT2D eigenvalue weighted by Gasteiger charge is -1.89. The number of hydrogen-bond acceptors (Lipinski definition) is 1. The molecule has 0 saturated carbocycles. The van der Waals surface area contributed by atoms with Crippen molar-refractivity contribution in [2.24, 2.45) is 5.92 Å². The second-order valence-electron chi connectivity index (χ2n) is 2.50. The summed E-state index contributed by atoms with van der Waals surface area (Å²) in [4.78, 5) is 0. The normalized spacial score (nSPS) is 28.2. The molecule has 0 aromatic carbocycles. The van der Waals surface area contributed by atoms with Gasteiger partial charge in [0, 0.05) is 0 Å². The summed E-state index contributed by atoms with van der Waals surface area (Å²) in [5.41, 5.74) is 1.22. The highest BCUT2D eigenvalue weighted by Crippen LogP contribution is 2.22. The predicted octanol–water partition coefficient (Wildman–Crippen LogP) is 1.33. The Morgan fingerprint density at radius 1 is 1.88 bits per heavy atom. The quantitative estimate of drug-likeness (QED) is 0.507. The molecule has 0 heterocycles. The van der Waals surface area contributed by atoms with Crippen LogP contribution in [0, 0.1) is 5.92 Å². The summed E-state index contributed by atoms with van der Waals surface area (Å²) in [6.07, 6.45) is 4.51. The highest BCUT2D eigenvalue weighted by molar-refractivity contribution is 5.09. The fraction of sp³-hybridized carbons (Fsp3) is 0.714. The molecular weight excluding hydrogens is 100 g/mol. The first-order valence-corrected chi connectivity index (χ1v) is 3.13. The summed E-state index contributed by atoms with van der Waals surface area (Å²) in [6.45, 7) is 2.45. The molecule has 0 amide bonds. The minimum atomic E-state index is 0.268. The van der Waals surface area contributed by atoms with Crippen molar-refractivity contribution in [3.05, 3.63) is 11.6 Å². The zero-order valence-corrected chi connectivity index (χ0v) is 5.22. The maximum absolute atomic E-state index is 8.62. The van der Waals surface area contributed by atoms with Crippen LogP contribution in [0.3, 0.4) is 0 Å². The molecular formula is C7H12O. The van der Waals surface area contributed by atoms with Gasteiger partial charge in [-0.2, -0.15) is 0 Å². The number of aliphatic hydroxyl groups is 1. The lowest BCUT2D eigenvalue weighted by molar-refractivity contribution is 0.328. The number of hydrogen-bond donors (Lipinski definition) is 1. The van der Waals surface area contributed by atoms with Crippen LogP contribution in [0.5, 0.6) is 0 Å². The molecule has 0 radical (unpaired) electrons. The topological polar surface area (TPSA) is 20.2 Å². The van der Waals surface area contributed by atoms with Crippen LogP contribution in [-0.4, -0.2) is 11.7 Å². The van der Waals surface area contributed by atoms with E-state index < -0.39 is 0 Å². The van der Waals surface area contributed by atoms with Gasteiger partial charge in [0.25, 0.3) is 0 Å². The van der Waals surface area contributed by atoms with Crippen LogP contribution in [0.4, 0.5) is 0 Å². The van der Waals surface area contributed by atoms with Crippen LogP contribution < -0.4 is 0 Å². The maximum atomic E-state index is 8.62. The molecule has 1 nitrogen and oxygen atoms in total. The molecule has 1 N–H and O–H groups in total. The summed E-state index contributed by atoms with van der Waals surface area (Å²) >= 11 is 0. The Morgan fingerprint density at radius 3 is 2.88 bits per heavy atom. The Labute approximate surface area is 50.0 Å². The van der Waals surface area contributed by atoms with Gasteiger partial charge in [-0.05, 0) is 24.3 Å². The first-order chi connectivity index (χ1) is 3.83. The van der Waals surface area contributed by atoms with Gasteiger partial charge in [0.05, 0.1) is 6.61 Å². The van der Waals surface area contributed by atoms with E-state index in [-0.39, 0.29) is 6.61 Å². The molecule has 1 aliphatic rings. The predicted molar refractivity (Wildman–Crippen MR) is 33.6 cm³/mol. The Morgan fingerprint density at radius 2 is 2.62 bits per heavy atom. The van der Waals surface area contributed by atoms with Crippen LogP contribution in [0.2, 0.25) is 0 Å². The molecule has 1 atom stereocenters. The van der Waals surface area contributed by atoms with Crippen LogP contribution in [0.15, 0.2) is 11.6 Å². The van der Waals surface area contributed by atoms with Crippen LogP contribution in [-0.2, 0) is 0 Å². The molecule has 0 spiro atoms. The van der Waals surface area contributed by atoms with Gasteiger partial charge in [-0.15, -0.1) is 0 Å². The van der Waals surface area contributed by atoms with Crippen LogP contribution >= 0.6 is 0 Å². The third kappa shape index (κ3) is 1.10. The van der Waals surface area contributed by atoms with Crippen LogP contribution in [0.25, 0.3) is 0 Å². The van der Waals surface area contributed by atoms with E-state index >= 15 is 0 Å². The minimum Gasteiger partial charge on any atom is -0.392 e. The summed E-state index contributed by atoms with van der Waals surface area (Å²) in [6, 6.07) is 0. The zero-order valence-electron chi connectivity index (χ0n) is 5.22. The smallest absolute Gasteiger partial charge is 0.0641 e. The van der Waals surface area contributed by atoms with Crippen molar-refractivity contribution in [3.8, 4) is 0 Å². The van der Waals surface area contributed by atoms with Crippen molar-refractivity contribution in [2.45, 2.75) is 19.8 Å². The molecule has 1 heteroatoms. The highest BCUT2D eigenvalue weighted by atomic mass is 16.3. The van der Waals surface area contributed by atoms with E-state index in [2.05, 4.69) is 13.0 Å². The van der Waals surface area contributed by atoms with E-state index in [0.717, 1.165) is 6.42 Å². The fourth-order valence-electron chi connectivity index (χ4n) is 1.11. The first kappa shape index (κ1) is 5.83. The number of aliphatic hydroxyl groups excluding tert-OH is 1. The number of allylic oxidation sites excluding steroid dienone is 1. The van der Waals surface area contributed by atoms with Gasteiger partial charge in [-0.3, -0.25) is 0 Å². The summed E-state index contributed by atoms with van der Waals surface area (Å²) < 4.78 is 0. The number of rotatable bonds is 1. The van der Waals surface area contributed by atoms with Gasteiger partial charge in [0.1, 0.15) is 0 Å². The second kappa shape index (κ2) is 2.31. The van der Waals surface area contributed by atoms with Crippen molar-refractivity contribution in [3.63, 3.8) is 0 Å². The minimum absolute atomic E-state index is 0.268. The monoisotopic (exact) mass is 112 g/mol. The van der Waals surface area contributed by atoms with Gasteiger partial charge in [0.15, 0.2) is 0 Å². The standard InChI is InChI=1S/C7H12O/c1-6-2-3-7(4-6)5-8/h4,6,8H,2-3,5H2,1H3. The molecule has 8 heavy (non-hydrogen) atoms. The summed E-state index contributed by atoms with van der Waals surface area (Å²) in [7, 11) is 0. The summed E-state index contributed by atoms with van der Waals surface area (Å²) in [5, 5.41) is 8.62. The van der Waals surface area contributed by atoms with Crippen molar-refractivity contribution in [1.82, 2.24) is 0 Å². The van der Waals surface area contributed by atoms with E-state index in [1.54, 1.807) is 0 Å². The molecule has 1 aliphatic carbocycles. The molecule has 0 aromatic heterocycles. The van der Waals surface area contributed by atoms with E-state index in [4.69, 9.17) is 5.11 Å². The molecule has 1 rings (SSSR count). The van der Waals surface area contributed by atoms with Crippen LogP contribution in [0.1, 0.15) is 19.8 Å². The Hall–Kier alpha value is -0.300. The lowest BCUT2D eigenvalue weighted by Crippen LogP contribution is -1.82. The second-order valence-corrected chi connectivity index (χ2v) is 2.50. The average Bonchev–Trinajstić information content (AvgIpc) is 2.14. The van der Waals surface area contributed by atoms with Gasteiger partial charge >= 0.3 is 0 Å². The Bertz CT molecular complexity index is 105. The summed E-state index contributed by atoms with van der Waals surface area (Å²) in [5.74, 6) is 0.706. The van der Waals surface area contributed by atoms with Gasteiger partial charge in [0.2, 0.25) is 0 Å². The Balaban J connectivity index is 2.44. The maximum Gasteiger partial charge on any atom is 0.0641 e. The van der Waals surface area contributed by atoms with Gasteiger partial charge in [-0.25, -0.2) is 0 Å². The fourth-order valence-corrected chi connectivity index (χ4v) is 1.11. The molecule has 0 saturated heterocycles. The largest absolute Gasteiger partial charge is 0.392 e. The Kier molecular flexibility index (Phi) is 1.69. The molecule has 46 valence electrons. The molecule has 0 aliphatic heterocycles. The lowest BCUT2D eigenvalue weighted by atomic mass is 10.2. The molecule has 1 unspecified atom stereocenters. The van der Waals surface area contributed by atoms with E-state index in [1.165, 1.54) is 12.0 Å². The van der Waals surface area contributed by atoms with E-state index in [0.29, 0.717) is 5.92 Å². The molecule has 0 aromatic rings. The molecule has 0 fully saturated rings. The van der Waals surface area contributed by atoms with Gasteiger partial charge in [-0.1, -0.05) is 13.0 Å². The van der Waals surface area contributed by atoms with Gasteiger partial charge < -0.3 is 5.11 Å². The highest BCUT2D eigenvalue weighted by Gasteiger charge is 2.08. The van der Waals surface area contributed by atoms with Crippen molar-refractivity contribution >= 4 is 0 Å². The van der Waals surface area contributed by atoms with E-state index in [9.17, 15) is 0 Å². The molecule has 0 bridgehead atoms. The van der Waals surface area contributed by atoms with Crippen molar-refractivity contribution < 1.29 is 5.11 Å². The average molecular weight is 112 g/mol.